The summed E-state index contributed by atoms with van der Waals surface area (Å²) in [6.07, 6.45) is 12.2. The van der Waals surface area contributed by atoms with E-state index >= 15 is 0 Å². The summed E-state index contributed by atoms with van der Waals surface area (Å²) in [7, 11) is 1.70. The topological polar surface area (TPSA) is 22.1 Å². The number of pyridine rings is 1. The fourth-order valence-electron chi connectivity index (χ4n) is 2.32. The molecule has 0 amide bonds. The zero-order chi connectivity index (χ0) is 16.3. The van der Waals surface area contributed by atoms with E-state index in [1.165, 1.54) is 41.0 Å². The minimum Gasteiger partial charge on any atom is -0.497 e. The largest absolute Gasteiger partial charge is 0.497 e. The SMILES string of the molecule is CCCCCC/C(=C/c1cccnc1)Sc1ccc(OC)cc1. The maximum absolute atomic E-state index is 5.23. The monoisotopic (exact) mass is 327 g/mol. The smallest absolute Gasteiger partial charge is 0.118 e. The lowest BCUT2D eigenvalue weighted by atomic mass is 10.1. The van der Waals surface area contributed by atoms with Crippen LogP contribution in [0.3, 0.4) is 0 Å². The summed E-state index contributed by atoms with van der Waals surface area (Å²) >= 11 is 1.84. The minimum atomic E-state index is 0.898. The van der Waals surface area contributed by atoms with Crippen molar-refractivity contribution in [2.24, 2.45) is 0 Å². The van der Waals surface area contributed by atoms with Crippen LogP contribution < -0.4 is 4.74 Å². The Bertz CT molecular complexity index is 593. The Morgan fingerprint density at radius 2 is 1.96 bits per heavy atom. The maximum Gasteiger partial charge on any atom is 0.118 e. The molecule has 0 fully saturated rings. The van der Waals surface area contributed by atoms with Crippen molar-refractivity contribution in [1.29, 1.82) is 0 Å². The number of aromatic nitrogens is 1. The van der Waals surface area contributed by atoms with Crippen molar-refractivity contribution in [2.45, 2.75) is 43.9 Å². The minimum absolute atomic E-state index is 0.898. The molecule has 0 aliphatic carbocycles. The zero-order valence-electron chi connectivity index (χ0n) is 14.0. The van der Waals surface area contributed by atoms with Gasteiger partial charge in [-0.25, -0.2) is 0 Å². The number of thioether (sulfide) groups is 1. The highest BCUT2D eigenvalue weighted by molar-refractivity contribution is 8.03. The van der Waals surface area contributed by atoms with Crippen molar-refractivity contribution in [2.75, 3.05) is 7.11 Å². The zero-order valence-corrected chi connectivity index (χ0v) is 14.8. The number of nitrogens with zero attached hydrogens (tertiary/aromatic N) is 1. The second-order valence-corrected chi connectivity index (χ2v) is 6.69. The lowest BCUT2D eigenvalue weighted by Crippen LogP contribution is -1.85. The first-order valence-corrected chi connectivity index (χ1v) is 9.06. The summed E-state index contributed by atoms with van der Waals surface area (Å²) in [6, 6.07) is 12.4. The van der Waals surface area contributed by atoms with Crippen molar-refractivity contribution < 1.29 is 4.74 Å². The molecular weight excluding hydrogens is 302 g/mol. The van der Waals surface area contributed by atoms with Gasteiger partial charge in [0.25, 0.3) is 0 Å². The van der Waals surface area contributed by atoms with Crippen LogP contribution in [0.2, 0.25) is 0 Å². The van der Waals surface area contributed by atoms with Gasteiger partial charge in [-0.2, -0.15) is 0 Å². The van der Waals surface area contributed by atoms with Gasteiger partial charge in [0.1, 0.15) is 5.75 Å². The molecule has 0 unspecified atom stereocenters. The summed E-state index contributed by atoms with van der Waals surface area (Å²) in [4.78, 5) is 6.84. The molecule has 0 aliphatic heterocycles. The molecule has 0 aliphatic rings. The Balaban J connectivity index is 2.07. The van der Waals surface area contributed by atoms with Crippen molar-refractivity contribution >= 4 is 17.8 Å². The molecule has 122 valence electrons. The first kappa shape index (κ1) is 17.6. The van der Waals surface area contributed by atoms with Crippen LogP contribution in [-0.4, -0.2) is 12.1 Å². The number of rotatable bonds is 9. The van der Waals surface area contributed by atoms with E-state index in [0.717, 1.165) is 12.2 Å². The molecule has 0 atom stereocenters. The van der Waals surface area contributed by atoms with Crippen LogP contribution in [0.15, 0.2) is 58.6 Å². The highest BCUT2D eigenvalue weighted by Gasteiger charge is 2.03. The molecule has 23 heavy (non-hydrogen) atoms. The van der Waals surface area contributed by atoms with Crippen LogP contribution in [0.25, 0.3) is 6.08 Å². The highest BCUT2D eigenvalue weighted by Crippen LogP contribution is 2.33. The molecule has 3 heteroatoms. The number of methoxy groups -OCH3 is 1. The number of allylic oxidation sites excluding steroid dienone is 1. The van der Waals surface area contributed by atoms with Gasteiger partial charge in [-0.3, -0.25) is 4.98 Å². The normalized spacial score (nSPS) is 11.5. The first-order valence-electron chi connectivity index (χ1n) is 8.24. The lowest BCUT2D eigenvalue weighted by molar-refractivity contribution is 0.414. The predicted octanol–water partition coefficient (Wildman–Crippen LogP) is 6.19. The second-order valence-electron chi connectivity index (χ2n) is 5.49. The fourth-order valence-corrected chi connectivity index (χ4v) is 3.34. The van der Waals surface area contributed by atoms with E-state index in [4.69, 9.17) is 4.74 Å². The number of unbranched alkanes of at least 4 members (excludes halogenated alkanes) is 3. The first-order chi connectivity index (χ1) is 11.3. The van der Waals surface area contributed by atoms with E-state index < -0.39 is 0 Å². The third kappa shape index (κ3) is 6.49. The average molecular weight is 327 g/mol. The van der Waals surface area contributed by atoms with E-state index in [-0.39, 0.29) is 0 Å². The third-order valence-electron chi connectivity index (χ3n) is 3.60. The fraction of sp³-hybridized carbons (Fsp3) is 0.350. The molecule has 0 spiro atoms. The molecule has 0 N–H and O–H groups in total. The maximum atomic E-state index is 5.23. The van der Waals surface area contributed by atoms with Crippen molar-refractivity contribution in [3.8, 4) is 5.75 Å². The Labute approximate surface area is 144 Å². The van der Waals surface area contributed by atoms with Gasteiger partial charge >= 0.3 is 0 Å². The van der Waals surface area contributed by atoms with Gasteiger partial charge in [0, 0.05) is 17.3 Å². The van der Waals surface area contributed by atoms with Gasteiger partial charge in [0.2, 0.25) is 0 Å². The number of hydrogen-bond donors (Lipinski definition) is 0. The lowest BCUT2D eigenvalue weighted by Gasteiger charge is -2.09. The quantitative estimate of drug-likeness (QED) is 0.405. The Hall–Kier alpha value is -1.74. The van der Waals surface area contributed by atoms with E-state index in [1.54, 1.807) is 7.11 Å². The highest BCUT2D eigenvalue weighted by atomic mass is 32.2. The van der Waals surface area contributed by atoms with E-state index in [0.29, 0.717) is 0 Å². The summed E-state index contributed by atoms with van der Waals surface area (Å²) in [6.45, 7) is 2.25. The molecule has 0 bridgehead atoms. The van der Waals surface area contributed by atoms with Crippen LogP contribution in [0, 0.1) is 0 Å². The molecule has 2 aromatic rings. The van der Waals surface area contributed by atoms with E-state index in [2.05, 4.69) is 36.2 Å². The van der Waals surface area contributed by atoms with E-state index in [9.17, 15) is 0 Å². The summed E-state index contributed by atoms with van der Waals surface area (Å²) in [5, 5.41) is 0. The number of benzene rings is 1. The molecule has 2 nitrogen and oxygen atoms in total. The van der Waals surface area contributed by atoms with Gasteiger partial charge in [-0.1, -0.05) is 44.0 Å². The van der Waals surface area contributed by atoms with Gasteiger partial charge < -0.3 is 4.74 Å². The molecule has 0 radical (unpaired) electrons. The van der Waals surface area contributed by atoms with Crippen LogP contribution in [0.4, 0.5) is 0 Å². The molecule has 2 rings (SSSR count). The third-order valence-corrected chi connectivity index (χ3v) is 4.69. The predicted molar refractivity (Wildman–Crippen MR) is 99.8 cm³/mol. The molecule has 1 aromatic carbocycles. The standard InChI is InChI=1S/C20H25NOS/c1-3-4-5-6-9-20(15-17-8-7-14-21-16-17)23-19-12-10-18(22-2)11-13-19/h7-8,10-16H,3-6,9H2,1-2H3/b20-15-. The molecule has 0 saturated heterocycles. The Morgan fingerprint density at radius 3 is 2.61 bits per heavy atom. The summed E-state index contributed by atoms with van der Waals surface area (Å²) in [5.41, 5.74) is 1.17. The molecule has 0 saturated carbocycles. The number of hydrogen-bond acceptors (Lipinski definition) is 3. The van der Waals surface area contributed by atoms with Crippen LogP contribution in [0.5, 0.6) is 5.75 Å². The van der Waals surface area contributed by atoms with Crippen LogP contribution in [0.1, 0.15) is 44.6 Å². The molecular formula is C20H25NOS. The second kappa shape index (κ2) is 10.1. The summed E-state index contributed by atoms with van der Waals surface area (Å²) < 4.78 is 5.23. The Kier molecular flexibility index (Phi) is 7.74. The van der Waals surface area contributed by atoms with Crippen LogP contribution in [-0.2, 0) is 0 Å². The van der Waals surface area contributed by atoms with Gasteiger partial charge in [0.05, 0.1) is 7.11 Å². The van der Waals surface area contributed by atoms with Gasteiger partial charge in [-0.15, -0.1) is 0 Å². The summed E-state index contributed by atoms with van der Waals surface area (Å²) in [5.74, 6) is 0.898. The average Bonchev–Trinajstić information content (AvgIpc) is 2.60. The van der Waals surface area contributed by atoms with Crippen molar-refractivity contribution in [3.63, 3.8) is 0 Å². The molecule has 1 aromatic heterocycles. The van der Waals surface area contributed by atoms with Gasteiger partial charge in [0.15, 0.2) is 0 Å². The van der Waals surface area contributed by atoms with Crippen molar-refractivity contribution in [1.82, 2.24) is 4.98 Å². The van der Waals surface area contributed by atoms with Gasteiger partial charge in [-0.05, 0) is 59.7 Å². The van der Waals surface area contributed by atoms with Crippen LogP contribution >= 0.6 is 11.8 Å². The Morgan fingerprint density at radius 1 is 1.13 bits per heavy atom. The number of ether oxygens (including phenoxy) is 1. The van der Waals surface area contributed by atoms with E-state index in [1.807, 2.05) is 42.4 Å². The van der Waals surface area contributed by atoms with Crippen molar-refractivity contribution in [3.05, 3.63) is 59.3 Å². The molecule has 1 heterocycles.